The number of nitrogens with one attached hydrogen (secondary N) is 1. The molecule has 0 amide bonds. The molecule has 4 atom stereocenters. The van der Waals surface area contributed by atoms with Gasteiger partial charge < -0.3 is 14.8 Å². The quantitative estimate of drug-likeness (QED) is 0.567. The zero-order chi connectivity index (χ0) is 22.9. The molecular formula is C24H28FNO5. The van der Waals surface area contributed by atoms with Gasteiger partial charge in [-0.2, -0.15) is 0 Å². The Kier molecular flexibility index (Phi) is 6.62. The van der Waals surface area contributed by atoms with Crippen LogP contribution in [0.5, 0.6) is 0 Å². The summed E-state index contributed by atoms with van der Waals surface area (Å²) in [5, 5.41) is 3.20. The number of carbonyl (C=O) groups excluding carboxylic acids is 3. The zero-order valence-corrected chi connectivity index (χ0v) is 18.5. The van der Waals surface area contributed by atoms with Crippen LogP contribution in [-0.4, -0.2) is 30.9 Å². The predicted molar refractivity (Wildman–Crippen MR) is 112 cm³/mol. The van der Waals surface area contributed by atoms with E-state index in [9.17, 15) is 18.8 Å². The number of hydrogen-bond donors (Lipinski definition) is 1. The van der Waals surface area contributed by atoms with Crippen molar-refractivity contribution in [3.63, 3.8) is 0 Å². The fourth-order valence-electron chi connectivity index (χ4n) is 4.27. The number of esters is 2. The third-order valence-electron chi connectivity index (χ3n) is 6.05. The minimum atomic E-state index is -0.959. The molecule has 1 aromatic carbocycles. The van der Waals surface area contributed by atoms with Crippen LogP contribution in [0.15, 0.2) is 46.8 Å². The van der Waals surface area contributed by atoms with Gasteiger partial charge in [-0.25, -0.2) is 9.18 Å². The lowest BCUT2D eigenvalue weighted by atomic mass is 9.69. The lowest BCUT2D eigenvalue weighted by Gasteiger charge is -2.38. The van der Waals surface area contributed by atoms with E-state index in [4.69, 9.17) is 9.47 Å². The van der Waals surface area contributed by atoms with Gasteiger partial charge >= 0.3 is 11.9 Å². The van der Waals surface area contributed by atoms with E-state index in [0.717, 1.165) is 0 Å². The molecule has 1 aliphatic carbocycles. The fraction of sp³-hybridized carbons (Fsp3) is 0.458. The van der Waals surface area contributed by atoms with Crippen molar-refractivity contribution < 1.29 is 28.2 Å². The van der Waals surface area contributed by atoms with Crippen LogP contribution in [0.3, 0.4) is 0 Å². The topological polar surface area (TPSA) is 81.7 Å². The van der Waals surface area contributed by atoms with Crippen LogP contribution in [-0.2, 0) is 23.9 Å². The summed E-state index contributed by atoms with van der Waals surface area (Å²) >= 11 is 0. The van der Waals surface area contributed by atoms with Crippen LogP contribution in [0.1, 0.15) is 52.0 Å². The summed E-state index contributed by atoms with van der Waals surface area (Å²) in [7, 11) is 1.25. The van der Waals surface area contributed by atoms with Gasteiger partial charge in [-0.15, -0.1) is 0 Å². The van der Waals surface area contributed by atoms with Crippen molar-refractivity contribution >= 4 is 17.7 Å². The molecule has 6 nitrogen and oxygen atoms in total. The van der Waals surface area contributed by atoms with E-state index >= 15 is 0 Å². The monoisotopic (exact) mass is 429 g/mol. The first kappa shape index (κ1) is 22.7. The SMILES string of the molecule is CC[C@@H](C)OC(=O)C1=C(C)NC2=C(C(=O)[C@@H](C(=O)OC)[C@@H](C)C2)[C@H]1c1ccc(F)cc1. The van der Waals surface area contributed by atoms with E-state index in [2.05, 4.69) is 5.32 Å². The average Bonchev–Trinajstić information content (AvgIpc) is 2.72. The Labute approximate surface area is 181 Å². The summed E-state index contributed by atoms with van der Waals surface area (Å²) in [5.41, 5.74) is 2.46. The van der Waals surface area contributed by atoms with Crippen LogP contribution in [0.25, 0.3) is 0 Å². The van der Waals surface area contributed by atoms with Gasteiger partial charge in [0.15, 0.2) is 5.78 Å². The lowest BCUT2D eigenvalue weighted by Crippen LogP contribution is -2.43. The fourth-order valence-corrected chi connectivity index (χ4v) is 4.27. The van der Waals surface area contributed by atoms with Crippen molar-refractivity contribution in [2.24, 2.45) is 11.8 Å². The first-order chi connectivity index (χ1) is 14.7. The molecule has 31 heavy (non-hydrogen) atoms. The molecule has 0 spiro atoms. The van der Waals surface area contributed by atoms with Crippen molar-refractivity contribution in [3.8, 4) is 0 Å². The molecule has 166 valence electrons. The Morgan fingerprint density at radius 2 is 1.90 bits per heavy atom. The predicted octanol–water partition coefficient (Wildman–Crippen LogP) is 3.78. The van der Waals surface area contributed by atoms with E-state index in [-0.39, 0.29) is 23.4 Å². The van der Waals surface area contributed by atoms with Gasteiger partial charge in [0.05, 0.1) is 18.8 Å². The summed E-state index contributed by atoms with van der Waals surface area (Å²) in [5.74, 6) is -3.94. The van der Waals surface area contributed by atoms with Gasteiger partial charge in [0.1, 0.15) is 11.7 Å². The zero-order valence-electron chi connectivity index (χ0n) is 18.5. The molecule has 0 fully saturated rings. The normalized spacial score (nSPS) is 24.3. The molecule has 0 bridgehead atoms. The molecule has 0 unspecified atom stereocenters. The first-order valence-electron chi connectivity index (χ1n) is 10.5. The Bertz CT molecular complexity index is 963. The number of methoxy groups -OCH3 is 1. The smallest absolute Gasteiger partial charge is 0.337 e. The number of benzene rings is 1. The Balaban J connectivity index is 2.15. The van der Waals surface area contributed by atoms with E-state index in [0.29, 0.717) is 35.4 Å². The molecule has 0 saturated carbocycles. The van der Waals surface area contributed by atoms with Crippen molar-refractivity contribution in [2.45, 2.75) is 52.6 Å². The first-order valence-corrected chi connectivity index (χ1v) is 10.5. The van der Waals surface area contributed by atoms with E-state index < -0.39 is 29.6 Å². The molecule has 1 aromatic rings. The van der Waals surface area contributed by atoms with Gasteiger partial charge in [-0.05, 0) is 50.3 Å². The Morgan fingerprint density at radius 3 is 2.48 bits per heavy atom. The number of ether oxygens (including phenoxy) is 2. The summed E-state index contributed by atoms with van der Waals surface area (Å²) in [6, 6.07) is 5.69. The maximum absolute atomic E-state index is 13.6. The third kappa shape index (κ3) is 4.27. The average molecular weight is 429 g/mol. The van der Waals surface area contributed by atoms with Crippen LogP contribution in [0.4, 0.5) is 4.39 Å². The maximum Gasteiger partial charge on any atom is 0.337 e. The van der Waals surface area contributed by atoms with Crippen LogP contribution < -0.4 is 5.32 Å². The van der Waals surface area contributed by atoms with E-state index in [1.54, 1.807) is 26.0 Å². The molecule has 1 aliphatic heterocycles. The second-order valence-electron chi connectivity index (χ2n) is 8.21. The second kappa shape index (κ2) is 9.04. The Hall–Kier alpha value is -2.96. The summed E-state index contributed by atoms with van der Waals surface area (Å²) in [6.07, 6.45) is 0.785. The van der Waals surface area contributed by atoms with Crippen molar-refractivity contribution in [1.82, 2.24) is 5.32 Å². The number of carbonyl (C=O) groups is 3. The number of rotatable bonds is 5. The summed E-state index contributed by atoms with van der Waals surface area (Å²) < 4.78 is 24.1. The highest BCUT2D eigenvalue weighted by Crippen LogP contribution is 2.45. The van der Waals surface area contributed by atoms with Gasteiger partial charge in [0.2, 0.25) is 0 Å². The van der Waals surface area contributed by atoms with Crippen LogP contribution >= 0.6 is 0 Å². The van der Waals surface area contributed by atoms with Crippen LogP contribution in [0, 0.1) is 17.7 Å². The van der Waals surface area contributed by atoms with E-state index in [1.807, 2.05) is 13.8 Å². The van der Waals surface area contributed by atoms with Crippen molar-refractivity contribution in [1.29, 1.82) is 0 Å². The largest absolute Gasteiger partial charge is 0.468 e. The van der Waals surface area contributed by atoms with E-state index in [1.165, 1.54) is 19.2 Å². The van der Waals surface area contributed by atoms with Crippen molar-refractivity contribution in [3.05, 3.63) is 58.2 Å². The minimum absolute atomic E-state index is 0.263. The standard InChI is InChI=1S/C24H28FNO5/c1-6-13(3)31-24(29)19-14(4)26-17-11-12(2)18(23(28)30-5)22(27)21(17)20(19)15-7-9-16(25)10-8-15/h7-10,12-13,18,20,26H,6,11H2,1-5H3/t12-,13+,18-,20-/m0/s1. The molecular weight excluding hydrogens is 401 g/mol. The molecule has 7 heteroatoms. The molecule has 1 heterocycles. The highest BCUT2D eigenvalue weighted by atomic mass is 19.1. The van der Waals surface area contributed by atoms with Gasteiger partial charge in [-0.1, -0.05) is 26.0 Å². The summed E-state index contributed by atoms with van der Waals surface area (Å²) in [6.45, 7) is 7.28. The number of allylic oxidation sites excluding steroid dienone is 3. The highest BCUT2D eigenvalue weighted by molar-refractivity contribution is 6.12. The maximum atomic E-state index is 13.6. The molecule has 0 saturated heterocycles. The summed E-state index contributed by atoms with van der Waals surface area (Å²) in [4.78, 5) is 39.0. The molecule has 0 radical (unpaired) electrons. The molecule has 3 rings (SSSR count). The van der Waals surface area contributed by atoms with Gasteiger partial charge in [0, 0.05) is 22.9 Å². The molecule has 0 aromatic heterocycles. The lowest BCUT2D eigenvalue weighted by molar-refractivity contribution is -0.151. The second-order valence-corrected chi connectivity index (χ2v) is 8.21. The van der Waals surface area contributed by atoms with Crippen molar-refractivity contribution in [2.75, 3.05) is 7.11 Å². The minimum Gasteiger partial charge on any atom is -0.468 e. The van der Waals surface area contributed by atoms with Gasteiger partial charge in [-0.3, -0.25) is 9.59 Å². The van der Waals surface area contributed by atoms with Crippen LogP contribution in [0.2, 0.25) is 0 Å². The number of hydrogen-bond acceptors (Lipinski definition) is 6. The number of ketones is 1. The number of dihydropyridines is 1. The Morgan fingerprint density at radius 1 is 1.26 bits per heavy atom. The molecule has 2 aliphatic rings. The number of halogens is 1. The molecule has 1 N–H and O–H groups in total. The third-order valence-corrected chi connectivity index (χ3v) is 6.05. The number of Topliss-reactive ketones (excluding diaryl/α,β-unsaturated/α-hetero) is 1. The van der Waals surface area contributed by atoms with Gasteiger partial charge in [0.25, 0.3) is 0 Å². The highest BCUT2D eigenvalue weighted by Gasteiger charge is 2.47.